The molecular weight excluding hydrogens is 256 g/mol. The maximum Gasteiger partial charge on any atom is 0.163 e. The van der Waals surface area contributed by atoms with Crippen LogP contribution in [0.15, 0.2) is 48.5 Å². The Balaban J connectivity index is 1.76. The van der Waals surface area contributed by atoms with Crippen molar-refractivity contribution in [3.05, 3.63) is 54.1 Å². The molecule has 1 heterocycles. The smallest absolute Gasteiger partial charge is 0.163 e. The van der Waals surface area contributed by atoms with Crippen molar-refractivity contribution >= 4 is 0 Å². The van der Waals surface area contributed by atoms with Gasteiger partial charge in [0, 0.05) is 0 Å². The van der Waals surface area contributed by atoms with Gasteiger partial charge in [0.15, 0.2) is 17.6 Å². The molecule has 0 fully saturated rings. The zero-order valence-electron chi connectivity index (χ0n) is 11.2. The molecule has 0 bridgehead atoms. The molecule has 20 heavy (non-hydrogen) atoms. The van der Waals surface area contributed by atoms with Crippen LogP contribution >= 0.6 is 0 Å². The highest BCUT2D eigenvalue weighted by Gasteiger charge is 2.28. The van der Waals surface area contributed by atoms with Crippen LogP contribution < -0.4 is 14.2 Å². The lowest BCUT2D eigenvalue weighted by Gasteiger charge is -2.29. The van der Waals surface area contributed by atoms with E-state index in [0.717, 1.165) is 11.3 Å². The summed E-state index contributed by atoms with van der Waals surface area (Å²) in [5, 5.41) is 10.4. The molecule has 1 aliphatic heterocycles. The summed E-state index contributed by atoms with van der Waals surface area (Å²) in [7, 11) is 1.61. The first-order chi connectivity index (χ1) is 9.78. The number of aliphatic hydroxyl groups is 1. The molecule has 2 aromatic carbocycles. The van der Waals surface area contributed by atoms with Gasteiger partial charge in [0.2, 0.25) is 0 Å². The van der Waals surface area contributed by atoms with Gasteiger partial charge in [0.25, 0.3) is 0 Å². The fourth-order valence-electron chi connectivity index (χ4n) is 2.21. The minimum Gasteiger partial charge on any atom is -0.497 e. The van der Waals surface area contributed by atoms with Gasteiger partial charge in [-0.2, -0.15) is 0 Å². The average Bonchev–Trinajstić information content (AvgIpc) is 2.54. The van der Waals surface area contributed by atoms with Gasteiger partial charge in [-0.1, -0.05) is 24.3 Å². The van der Waals surface area contributed by atoms with E-state index in [1.165, 1.54) is 0 Å². The number of aliphatic hydroxyl groups excluding tert-OH is 1. The summed E-state index contributed by atoms with van der Waals surface area (Å²) in [5.41, 5.74) is 0.777. The van der Waals surface area contributed by atoms with Crippen molar-refractivity contribution in [1.82, 2.24) is 0 Å². The van der Waals surface area contributed by atoms with Gasteiger partial charge in [-0.15, -0.1) is 0 Å². The second-order valence-electron chi connectivity index (χ2n) is 4.63. The highest BCUT2D eigenvalue weighted by atomic mass is 16.6. The largest absolute Gasteiger partial charge is 0.497 e. The van der Waals surface area contributed by atoms with Crippen LogP contribution in [0.1, 0.15) is 11.7 Å². The van der Waals surface area contributed by atoms with Crippen LogP contribution in [0.25, 0.3) is 0 Å². The van der Waals surface area contributed by atoms with E-state index in [2.05, 4.69) is 0 Å². The minimum atomic E-state index is -0.741. The normalized spacial score (nSPS) is 18.4. The monoisotopic (exact) mass is 272 g/mol. The van der Waals surface area contributed by atoms with Gasteiger partial charge in [-0.05, 0) is 29.8 Å². The Morgan fingerprint density at radius 2 is 1.80 bits per heavy atom. The van der Waals surface area contributed by atoms with Crippen molar-refractivity contribution in [2.75, 3.05) is 13.7 Å². The Morgan fingerprint density at radius 1 is 1.10 bits per heavy atom. The Hall–Kier alpha value is -2.20. The predicted octanol–water partition coefficient (Wildman–Crippen LogP) is 2.57. The summed E-state index contributed by atoms with van der Waals surface area (Å²) in [6, 6.07) is 14.7. The van der Waals surface area contributed by atoms with Crippen LogP contribution in [-0.2, 0) is 0 Å². The summed E-state index contributed by atoms with van der Waals surface area (Å²) >= 11 is 0. The van der Waals surface area contributed by atoms with Gasteiger partial charge in [-0.25, -0.2) is 0 Å². The third kappa shape index (κ3) is 2.42. The fourth-order valence-corrected chi connectivity index (χ4v) is 2.21. The molecule has 0 saturated heterocycles. The fraction of sp³-hybridized carbons (Fsp3) is 0.250. The van der Waals surface area contributed by atoms with Crippen molar-refractivity contribution in [3.63, 3.8) is 0 Å². The zero-order chi connectivity index (χ0) is 13.9. The Labute approximate surface area is 117 Å². The van der Waals surface area contributed by atoms with Crippen LogP contribution in [0.2, 0.25) is 0 Å². The molecule has 0 amide bonds. The third-order valence-electron chi connectivity index (χ3n) is 3.34. The van der Waals surface area contributed by atoms with E-state index in [4.69, 9.17) is 14.2 Å². The van der Waals surface area contributed by atoms with Crippen LogP contribution in [-0.4, -0.2) is 24.9 Å². The minimum absolute atomic E-state index is 0.324. The van der Waals surface area contributed by atoms with E-state index in [-0.39, 0.29) is 0 Å². The Morgan fingerprint density at radius 3 is 2.50 bits per heavy atom. The number of ether oxygens (including phenoxy) is 3. The molecule has 2 atom stereocenters. The third-order valence-corrected chi connectivity index (χ3v) is 3.34. The number of hydrogen-bond acceptors (Lipinski definition) is 4. The maximum atomic E-state index is 10.4. The van der Waals surface area contributed by atoms with E-state index in [1.807, 2.05) is 48.5 Å². The second-order valence-corrected chi connectivity index (χ2v) is 4.63. The Bertz CT molecular complexity index is 579. The number of methoxy groups -OCH3 is 1. The zero-order valence-corrected chi connectivity index (χ0v) is 11.2. The van der Waals surface area contributed by atoms with Crippen LogP contribution in [0, 0.1) is 0 Å². The molecule has 3 rings (SSSR count). The molecule has 2 aromatic rings. The van der Waals surface area contributed by atoms with Gasteiger partial charge in [0.1, 0.15) is 18.5 Å². The van der Waals surface area contributed by atoms with Crippen molar-refractivity contribution in [2.45, 2.75) is 12.2 Å². The molecule has 104 valence electrons. The van der Waals surface area contributed by atoms with Crippen molar-refractivity contribution in [3.8, 4) is 17.2 Å². The molecule has 0 saturated carbocycles. The van der Waals surface area contributed by atoms with Crippen molar-refractivity contribution in [1.29, 1.82) is 0 Å². The lowest BCUT2D eigenvalue weighted by Crippen LogP contribution is -2.34. The molecular formula is C16H16O4. The number of para-hydroxylation sites is 2. The number of benzene rings is 2. The standard InChI is InChI=1S/C16H16O4/c1-18-12-8-6-11(7-9-12)16(17)15-10-19-13-4-2-3-5-14(13)20-15/h2-9,15-17H,10H2,1H3. The molecule has 0 spiro atoms. The van der Waals surface area contributed by atoms with Crippen molar-refractivity contribution in [2.24, 2.45) is 0 Å². The lowest BCUT2D eigenvalue weighted by molar-refractivity contribution is -0.0113. The number of fused-ring (bicyclic) bond motifs is 1. The first-order valence-corrected chi connectivity index (χ1v) is 6.48. The topological polar surface area (TPSA) is 47.9 Å². The summed E-state index contributed by atoms with van der Waals surface area (Å²) in [5.74, 6) is 2.13. The molecule has 2 unspecified atom stereocenters. The second kappa shape index (κ2) is 5.43. The van der Waals surface area contributed by atoms with Crippen LogP contribution in [0.5, 0.6) is 17.2 Å². The van der Waals surface area contributed by atoms with Gasteiger partial charge >= 0.3 is 0 Å². The SMILES string of the molecule is COc1ccc(C(O)C2COc3ccccc3O2)cc1. The van der Waals surface area contributed by atoms with E-state index < -0.39 is 12.2 Å². The molecule has 0 aromatic heterocycles. The molecule has 0 radical (unpaired) electrons. The van der Waals surface area contributed by atoms with E-state index in [9.17, 15) is 5.11 Å². The van der Waals surface area contributed by atoms with Crippen LogP contribution in [0.3, 0.4) is 0 Å². The van der Waals surface area contributed by atoms with Gasteiger partial charge < -0.3 is 19.3 Å². The maximum absolute atomic E-state index is 10.4. The molecule has 4 nitrogen and oxygen atoms in total. The average molecular weight is 272 g/mol. The molecule has 1 aliphatic rings. The molecule has 4 heteroatoms. The lowest BCUT2D eigenvalue weighted by atomic mass is 10.0. The molecule has 0 aliphatic carbocycles. The van der Waals surface area contributed by atoms with E-state index in [1.54, 1.807) is 7.11 Å². The number of hydrogen-bond donors (Lipinski definition) is 1. The quantitative estimate of drug-likeness (QED) is 0.933. The predicted molar refractivity (Wildman–Crippen MR) is 74.3 cm³/mol. The van der Waals surface area contributed by atoms with E-state index in [0.29, 0.717) is 18.1 Å². The summed E-state index contributed by atoms with van der Waals surface area (Å²) in [6.45, 7) is 0.324. The highest BCUT2D eigenvalue weighted by molar-refractivity contribution is 5.41. The summed E-state index contributed by atoms with van der Waals surface area (Å²) in [6.07, 6.45) is -1.16. The first kappa shape index (κ1) is 12.8. The van der Waals surface area contributed by atoms with E-state index >= 15 is 0 Å². The van der Waals surface area contributed by atoms with Crippen LogP contribution in [0.4, 0.5) is 0 Å². The summed E-state index contributed by atoms with van der Waals surface area (Å²) < 4.78 is 16.5. The molecule has 1 N–H and O–H groups in total. The highest BCUT2D eigenvalue weighted by Crippen LogP contribution is 2.34. The van der Waals surface area contributed by atoms with Gasteiger partial charge in [-0.3, -0.25) is 0 Å². The first-order valence-electron chi connectivity index (χ1n) is 6.48. The summed E-state index contributed by atoms with van der Waals surface area (Å²) in [4.78, 5) is 0. The Kier molecular flexibility index (Phi) is 3.48. The number of rotatable bonds is 3. The van der Waals surface area contributed by atoms with Crippen molar-refractivity contribution < 1.29 is 19.3 Å². The van der Waals surface area contributed by atoms with Gasteiger partial charge in [0.05, 0.1) is 7.11 Å².